The Hall–Kier alpha value is -0.960. The van der Waals surface area contributed by atoms with Crippen molar-refractivity contribution in [1.29, 1.82) is 0 Å². The molecule has 0 aliphatic heterocycles. The SMILES string of the molecule is CCc1cc2c(C)ccnc2n1SC. The number of hydrogen-bond acceptors (Lipinski definition) is 2. The summed E-state index contributed by atoms with van der Waals surface area (Å²) in [6.45, 7) is 4.31. The highest BCUT2D eigenvalue weighted by molar-refractivity contribution is 7.97. The zero-order chi connectivity index (χ0) is 10.1. The Bertz CT molecular complexity index is 460. The van der Waals surface area contributed by atoms with Crippen LogP contribution in [-0.4, -0.2) is 15.2 Å². The molecular weight excluding hydrogens is 192 g/mol. The molecule has 0 aromatic carbocycles. The van der Waals surface area contributed by atoms with Gasteiger partial charge in [0, 0.05) is 23.5 Å². The molecule has 0 spiro atoms. The van der Waals surface area contributed by atoms with Gasteiger partial charge in [0.25, 0.3) is 0 Å². The largest absolute Gasteiger partial charge is 0.272 e. The van der Waals surface area contributed by atoms with Gasteiger partial charge in [-0.25, -0.2) is 4.98 Å². The second-order valence-electron chi connectivity index (χ2n) is 3.33. The average molecular weight is 206 g/mol. The van der Waals surface area contributed by atoms with Gasteiger partial charge in [-0.15, -0.1) is 0 Å². The van der Waals surface area contributed by atoms with Crippen LogP contribution >= 0.6 is 11.9 Å². The van der Waals surface area contributed by atoms with Crippen LogP contribution in [0.3, 0.4) is 0 Å². The Labute approximate surface area is 88.5 Å². The molecule has 2 heterocycles. The van der Waals surface area contributed by atoms with Crippen molar-refractivity contribution in [2.75, 3.05) is 6.26 Å². The van der Waals surface area contributed by atoms with Crippen LogP contribution in [0.4, 0.5) is 0 Å². The minimum atomic E-state index is 1.05. The van der Waals surface area contributed by atoms with Crippen molar-refractivity contribution in [3.63, 3.8) is 0 Å². The van der Waals surface area contributed by atoms with Crippen molar-refractivity contribution in [1.82, 2.24) is 8.96 Å². The lowest BCUT2D eigenvalue weighted by Crippen LogP contribution is -1.92. The highest BCUT2D eigenvalue weighted by Crippen LogP contribution is 2.24. The van der Waals surface area contributed by atoms with E-state index in [0.29, 0.717) is 0 Å². The van der Waals surface area contributed by atoms with Crippen molar-refractivity contribution < 1.29 is 0 Å². The standard InChI is InChI=1S/C11H14N2S/c1-4-9-7-10-8(2)5-6-12-11(10)13(9)14-3/h5-7H,4H2,1-3H3. The molecule has 3 heteroatoms. The average Bonchev–Trinajstić information content (AvgIpc) is 2.57. The Morgan fingerprint density at radius 3 is 2.93 bits per heavy atom. The molecule has 2 rings (SSSR count). The molecule has 2 aromatic rings. The number of nitrogens with zero attached hydrogens (tertiary/aromatic N) is 2. The molecule has 0 atom stereocenters. The van der Waals surface area contributed by atoms with Crippen LogP contribution < -0.4 is 0 Å². The summed E-state index contributed by atoms with van der Waals surface area (Å²) in [5.41, 5.74) is 3.74. The minimum Gasteiger partial charge on any atom is -0.272 e. The summed E-state index contributed by atoms with van der Waals surface area (Å²) in [4.78, 5) is 4.42. The van der Waals surface area contributed by atoms with Gasteiger partial charge in [0.05, 0.1) is 0 Å². The van der Waals surface area contributed by atoms with E-state index in [0.717, 1.165) is 12.1 Å². The Morgan fingerprint density at radius 2 is 2.29 bits per heavy atom. The first-order valence-electron chi connectivity index (χ1n) is 4.78. The summed E-state index contributed by atoms with van der Waals surface area (Å²) in [6, 6.07) is 4.31. The molecule has 0 unspecified atom stereocenters. The van der Waals surface area contributed by atoms with Crippen LogP contribution in [0.1, 0.15) is 18.2 Å². The van der Waals surface area contributed by atoms with Crippen molar-refractivity contribution in [3.8, 4) is 0 Å². The molecule has 0 fully saturated rings. The van der Waals surface area contributed by atoms with E-state index in [1.807, 2.05) is 6.20 Å². The molecule has 0 bridgehead atoms. The topological polar surface area (TPSA) is 17.8 Å². The van der Waals surface area contributed by atoms with Gasteiger partial charge in [-0.05, 0) is 43.0 Å². The number of aryl methyl sites for hydroxylation is 2. The van der Waals surface area contributed by atoms with E-state index in [1.165, 1.54) is 16.6 Å². The highest BCUT2D eigenvalue weighted by Gasteiger charge is 2.08. The monoisotopic (exact) mass is 206 g/mol. The van der Waals surface area contributed by atoms with Gasteiger partial charge in [-0.2, -0.15) is 0 Å². The van der Waals surface area contributed by atoms with Crippen LogP contribution in [0.5, 0.6) is 0 Å². The molecule has 0 N–H and O–H groups in total. The first-order valence-corrected chi connectivity index (χ1v) is 5.96. The Kier molecular flexibility index (Phi) is 2.50. The van der Waals surface area contributed by atoms with Gasteiger partial charge in [-0.1, -0.05) is 6.92 Å². The van der Waals surface area contributed by atoms with E-state index in [-0.39, 0.29) is 0 Å². The van der Waals surface area contributed by atoms with E-state index < -0.39 is 0 Å². The smallest absolute Gasteiger partial charge is 0.150 e. The fourth-order valence-electron chi connectivity index (χ4n) is 1.71. The minimum absolute atomic E-state index is 1.05. The maximum Gasteiger partial charge on any atom is 0.150 e. The normalized spacial score (nSPS) is 11.1. The number of pyridine rings is 1. The summed E-state index contributed by atoms with van der Waals surface area (Å²) in [5, 5.41) is 1.28. The third-order valence-corrected chi connectivity index (χ3v) is 3.27. The van der Waals surface area contributed by atoms with E-state index in [4.69, 9.17) is 0 Å². The molecule has 0 aliphatic rings. The summed E-state index contributed by atoms with van der Waals surface area (Å²) in [6.07, 6.45) is 5.02. The third kappa shape index (κ3) is 1.32. The molecule has 2 nitrogen and oxygen atoms in total. The van der Waals surface area contributed by atoms with E-state index in [1.54, 1.807) is 11.9 Å². The molecule has 0 saturated carbocycles. The predicted molar refractivity (Wildman–Crippen MR) is 62.8 cm³/mol. The zero-order valence-electron chi connectivity index (χ0n) is 8.74. The van der Waals surface area contributed by atoms with E-state index in [2.05, 4.69) is 41.2 Å². The molecule has 0 aliphatic carbocycles. The first kappa shape index (κ1) is 9.59. The second kappa shape index (κ2) is 3.65. The van der Waals surface area contributed by atoms with Gasteiger partial charge in [0.1, 0.15) is 5.65 Å². The van der Waals surface area contributed by atoms with Gasteiger partial charge < -0.3 is 0 Å². The summed E-state index contributed by atoms with van der Waals surface area (Å²) >= 11 is 1.72. The van der Waals surface area contributed by atoms with E-state index in [9.17, 15) is 0 Å². The maximum atomic E-state index is 4.42. The number of hydrogen-bond donors (Lipinski definition) is 0. The fourth-order valence-corrected chi connectivity index (χ4v) is 2.44. The lowest BCUT2D eigenvalue weighted by Gasteiger charge is -2.02. The van der Waals surface area contributed by atoms with Crippen LogP contribution in [0.25, 0.3) is 11.0 Å². The lowest BCUT2D eigenvalue weighted by molar-refractivity contribution is 1.03. The lowest BCUT2D eigenvalue weighted by atomic mass is 10.2. The van der Waals surface area contributed by atoms with Gasteiger partial charge in [0.2, 0.25) is 0 Å². The summed E-state index contributed by atoms with van der Waals surface area (Å²) in [7, 11) is 0. The third-order valence-electron chi connectivity index (χ3n) is 2.50. The zero-order valence-corrected chi connectivity index (χ0v) is 9.56. The molecule has 14 heavy (non-hydrogen) atoms. The summed E-state index contributed by atoms with van der Waals surface area (Å²) < 4.78 is 2.21. The quantitative estimate of drug-likeness (QED) is 0.751. The van der Waals surface area contributed by atoms with Crippen molar-refractivity contribution in [3.05, 3.63) is 29.6 Å². The van der Waals surface area contributed by atoms with Crippen LogP contribution in [-0.2, 0) is 6.42 Å². The van der Waals surface area contributed by atoms with Gasteiger partial charge in [-0.3, -0.25) is 3.97 Å². The van der Waals surface area contributed by atoms with E-state index >= 15 is 0 Å². The van der Waals surface area contributed by atoms with Gasteiger partial charge >= 0.3 is 0 Å². The van der Waals surface area contributed by atoms with Crippen molar-refractivity contribution >= 4 is 23.0 Å². The van der Waals surface area contributed by atoms with Gasteiger partial charge in [0.15, 0.2) is 0 Å². The Morgan fingerprint density at radius 1 is 1.50 bits per heavy atom. The number of fused-ring (bicyclic) bond motifs is 1. The Balaban J connectivity index is 2.79. The molecule has 74 valence electrons. The van der Waals surface area contributed by atoms with Crippen molar-refractivity contribution in [2.45, 2.75) is 20.3 Å². The summed E-state index contributed by atoms with van der Waals surface area (Å²) in [5.74, 6) is 0. The van der Waals surface area contributed by atoms with Crippen molar-refractivity contribution in [2.24, 2.45) is 0 Å². The van der Waals surface area contributed by atoms with Crippen LogP contribution in [0.15, 0.2) is 18.3 Å². The molecule has 0 radical (unpaired) electrons. The molecule has 0 saturated heterocycles. The highest BCUT2D eigenvalue weighted by atomic mass is 32.2. The molecular formula is C11H14N2S. The first-order chi connectivity index (χ1) is 6.77. The molecule has 2 aromatic heterocycles. The number of rotatable bonds is 2. The second-order valence-corrected chi connectivity index (χ2v) is 4.06. The number of aromatic nitrogens is 2. The predicted octanol–water partition coefficient (Wildman–Crippen LogP) is 3.03. The maximum absolute atomic E-state index is 4.42. The fraction of sp³-hybridized carbons (Fsp3) is 0.364. The molecule has 0 amide bonds. The van der Waals surface area contributed by atoms with Crippen LogP contribution in [0.2, 0.25) is 0 Å². The van der Waals surface area contributed by atoms with Crippen LogP contribution in [0, 0.1) is 6.92 Å².